The van der Waals surface area contributed by atoms with E-state index in [0.29, 0.717) is 34.2 Å². The van der Waals surface area contributed by atoms with Gasteiger partial charge in [0.1, 0.15) is 0 Å². The molecule has 2 fully saturated rings. The highest BCUT2D eigenvalue weighted by Gasteiger charge is 2.32. The Bertz CT molecular complexity index is 538. The van der Waals surface area contributed by atoms with Crippen molar-refractivity contribution in [2.75, 3.05) is 31.5 Å². The zero-order valence-corrected chi connectivity index (χ0v) is 13.3. The summed E-state index contributed by atoms with van der Waals surface area (Å²) in [6, 6.07) is 5.78. The molecule has 0 aliphatic carbocycles. The van der Waals surface area contributed by atoms with Crippen molar-refractivity contribution in [1.82, 2.24) is 10.2 Å². The Kier molecular flexibility index (Phi) is 4.69. The van der Waals surface area contributed by atoms with Crippen LogP contribution in [-0.4, -0.2) is 43.0 Å². The van der Waals surface area contributed by atoms with Gasteiger partial charge in [0, 0.05) is 24.8 Å². The van der Waals surface area contributed by atoms with Crippen LogP contribution in [0.25, 0.3) is 0 Å². The van der Waals surface area contributed by atoms with E-state index in [2.05, 4.69) is 15.5 Å². The molecule has 2 N–H and O–H groups in total. The average Bonchev–Trinajstić information content (AvgIpc) is 2.90. The van der Waals surface area contributed by atoms with Gasteiger partial charge in [-0.25, -0.2) is 0 Å². The molecule has 3 rings (SSSR count). The van der Waals surface area contributed by atoms with Gasteiger partial charge < -0.3 is 10.6 Å². The van der Waals surface area contributed by atoms with Crippen molar-refractivity contribution in [2.45, 2.75) is 18.9 Å². The molecule has 4 nitrogen and oxygen atoms in total. The summed E-state index contributed by atoms with van der Waals surface area (Å²) >= 11 is 11.8. The van der Waals surface area contributed by atoms with Gasteiger partial charge in [-0.05, 0) is 43.5 Å². The van der Waals surface area contributed by atoms with Gasteiger partial charge in [0.2, 0.25) is 5.91 Å². The molecular formula is C15H19Cl2N3O. The second-order valence-electron chi connectivity index (χ2n) is 5.81. The monoisotopic (exact) mass is 327 g/mol. The highest BCUT2D eigenvalue weighted by Crippen LogP contribution is 2.26. The molecule has 2 saturated heterocycles. The number of fused-ring (bicyclic) bond motifs is 1. The predicted octanol–water partition coefficient (Wildman–Crippen LogP) is 2.62. The highest BCUT2D eigenvalue weighted by molar-refractivity contribution is 6.42. The largest absolute Gasteiger partial charge is 0.325 e. The van der Waals surface area contributed by atoms with Gasteiger partial charge in [-0.2, -0.15) is 0 Å². The number of carbonyl (C=O) groups is 1. The van der Waals surface area contributed by atoms with Crippen LogP contribution < -0.4 is 10.6 Å². The van der Waals surface area contributed by atoms with Crippen LogP contribution in [0.5, 0.6) is 0 Å². The Morgan fingerprint density at radius 1 is 1.33 bits per heavy atom. The van der Waals surface area contributed by atoms with Gasteiger partial charge >= 0.3 is 0 Å². The maximum Gasteiger partial charge on any atom is 0.238 e. The predicted molar refractivity (Wildman–Crippen MR) is 86.0 cm³/mol. The molecule has 2 heterocycles. The standard InChI is InChI=1S/C15H19Cl2N3O/c16-12-2-1-11(7-13(12)17)19-15(21)9-20-6-4-14-10(8-20)3-5-18-14/h1-2,7,10,14,18H,3-6,8-9H2,(H,19,21). The first-order chi connectivity index (χ1) is 10.1. The van der Waals surface area contributed by atoms with Gasteiger partial charge in [-0.15, -0.1) is 0 Å². The van der Waals surface area contributed by atoms with E-state index in [4.69, 9.17) is 23.2 Å². The number of likely N-dealkylation sites (tertiary alicyclic amines) is 1. The Labute approximate surface area is 134 Å². The van der Waals surface area contributed by atoms with Crippen LogP contribution in [0.2, 0.25) is 10.0 Å². The van der Waals surface area contributed by atoms with Crippen LogP contribution in [0.3, 0.4) is 0 Å². The van der Waals surface area contributed by atoms with E-state index in [1.165, 1.54) is 6.42 Å². The molecule has 1 aromatic rings. The molecule has 114 valence electrons. The van der Waals surface area contributed by atoms with E-state index in [9.17, 15) is 4.79 Å². The van der Waals surface area contributed by atoms with Gasteiger partial charge in [0.15, 0.2) is 0 Å². The molecule has 0 radical (unpaired) electrons. The topological polar surface area (TPSA) is 44.4 Å². The molecule has 21 heavy (non-hydrogen) atoms. The first kappa shape index (κ1) is 15.1. The van der Waals surface area contributed by atoms with Gasteiger partial charge in [0.05, 0.1) is 16.6 Å². The summed E-state index contributed by atoms with van der Waals surface area (Å²) in [6.07, 6.45) is 2.35. The smallest absolute Gasteiger partial charge is 0.238 e. The van der Waals surface area contributed by atoms with Crippen molar-refractivity contribution < 1.29 is 4.79 Å². The van der Waals surface area contributed by atoms with Crippen molar-refractivity contribution in [3.8, 4) is 0 Å². The van der Waals surface area contributed by atoms with Crippen LogP contribution in [0.15, 0.2) is 18.2 Å². The number of anilines is 1. The molecule has 2 aliphatic rings. The summed E-state index contributed by atoms with van der Waals surface area (Å²) in [7, 11) is 0. The minimum absolute atomic E-state index is 0.00204. The van der Waals surface area contributed by atoms with Gasteiger partial charge in [-0.1, -0.05) is 23.2 Å². The van der Waals surface area contributed by atoms with E-state index < -0.39 is 0 Å². The fourth-order valence-corrected chi connectivity index (χ4v) is 3.54. The molecule has 0 spiro atoms. The fourth-order valence-electron chi connectivity index (χ4n) is 3.24. The average molecular weight is 328 g/mol. The quantitative estimate of drug-likeness (QED) is 0.896. The molecule has 1 aromatic carbocycles. The number of nitrogens with one attached hydrogen (secondary N) is 2. The Balaban J connectivity index is 1.53. The molecular weight excluding hydrogens is 309 g/mol. The summed E-state index contributed by atoms with van der Waals surface area (Å²) in [5.74, 6) is 0.689. The summed E-state index contributed by atoms with van der Waals surface area (Å²) in [4.78, 5) is 14.4. The van der Waals surface area contributed by atoms with Crippen LogP contribution in [0.1, 0.15) is 12.8 Å². The summed E-state index contributed by atoms with van der Waals surface area (Å²) in [5, 5.41) is 7.35. The van der Waals surface area contributed by atoms with Gasteiger partial charge in [-0.3, -0.25) is 9.69 Å². The molecule has 6 heteroatoms. The zero-order chi connectivity index (χ0) is 14.8. The number of nitrogens with zero attached hydrogens (tertiary/aromatic N) is 1. The number of rotatable bonds is 3. The minimum atomic E-state index is -0.00204. The van der Waals surface area contributed by atoms with Crippen molar-refractivity contribution in [2.24, 2.45) is 5.92 Å². The summed E-state index contributed by atoms with van der Waals surface area (Å²) in [5.41, 5.74) is 0.687. The zero-order valence-electron chi connectivity index (χ0n) is 11.7. The van der Waals surface area contributed by atoms with E-state index in [1.54, 1.807) is 18.2 Å². The number of amides is 1. The Morgan fingerprint density at radius 3 is 3.00 bits per heavy atom. The first-order valence-corrected chi connectivity index (χ1v) is 8.08. The molecule has 1 amide bonds. The molecule has 2 aliphatic heterocycles. The van der Waals surface area contributed by atoms with Crippen molar-refractivity contribution in [3.05, 3.63) is 28.2 Å². The van der Waals surface area contributed by atoms with Crippen LogP contribution >= 0.6 is 23.2 Å². The van der Waals surface area contributed by atoms with Gasteiger partial charge in [0.25, 0.3) is 0 Å². The SMILES string of the molecule is O=C(CN1CCC2NCCC2C1)Nc1ccc(Cl)c(Cl)c1. The Morgan fingerprint density at radius 2 is 2.19 bits per heavy atom. The maximum atomic E-state index is 12.1. The number of carbonyl (C=O) groups excluding carboxylic acids is 1. The summed E-state index contributed by atoms with van der Waals surface area (Å²) in [6.45, 7) is 3.53. The lowest BCUT2D eigenvalue weighted by Crippen LogP contribution is -2.46. The third kappa shape index (κ3) is 3.69. The molecule has 2 unspecified atom stereocenters. The Hall–Kier alpha value is -0.810. The van der Waals surface area contributed by atoms with E-state index >= 15 is 0 Å². The minimum Gasteiger partial charge on any atom is -0.325 e. The number of piperidine rings is 1. The summed E-state index contributed by atoms with van der Waals surface area (Å²) < 4.78 is 0. The second-order valence-corrected chi connectivity index (χ2v) is 6.62. The molecule has 2 atom stereocenters. The van der Waals surface area contributed by atoms with Crippen LogP contribution in [0, 0.1) is 5.92 Å². The third-order valence-corrected chi connectivity index (χ3v) is 5.05. The van der Waals surface area contributed by atoms with Crippen LogP contribution in [-0.2, 0) is 4.79 Å². The van der Waals surface area contributed by atoms with E-state index in [0.717, 1.165) is 26.1 Å². The molecule has 0 bridgehead atoms. The highest BCUT2D eigenvalue weighted by atomic mass is 35.5. The lowest BCUT2D eigenvalue weighted by Gasteiger charge is -2.34. The van der Waals surface area contributed by atoms with Crippen molar-refractivity contribution in [3.63, 3.8) is 0 Å². The lowest BCUT2D eigenvalue weighted by molar-refractivity contribution is -0.117. The first-order valence-electron chi connectivity index (χ1n) is 7.32. The van der Waals surface area contributed by atoms with Crippen molar-refractivity contribution in [1.29, 1.82) is 0 Å². The maximum absolute atomic E-state index is 12.1. The van der Waals surface area contributed by atoms with Crippen LogP contribution in [0.4, 0.5) is 5.69 Å². The lowest BCUT2D eigenvalue weighted by atomic mass is 9.93. The number of halogens is 2. The van der Waals surface area contributed by atoms with Crippen molar-refractivity contribution >= 4 is 34.8 Å². The molecule has 0 aromatic heterocycles. The number of hydrogen-bond donors (Lipinski definition) is 2. The second kappa shape index (κ2) is 6.53. The third-order valence-electron chi connectivity index (χ3n) is 4.31. The number of hydrogen-bond acceptors (Lipinski definition) is 3. The normalized spacial score (nSPS) is 25.6. The van der Waals surface area contributed by atoms with E-state index in [1.807, 2.05) is 0 Å². The number of benzene rings is 1. The van der Waals surface area contributed by atoms with E-state index in [-0.39, 0.29) is 5.91 Å². The molecule has 0 saturated carbocycles. The fraction of sp³-hybridized carbons (Fsp3) is 0.533.